The van der Waals surface area contributed by atoms with E-state index in [9.17, 15) is 4.79 Å². The molecule has 0 atom stereocenters. The predicted molar refractivity (Wildman–Crippen MR) is 79.4 cm³/mol. The summed E-state index contributed by atoms with van der Waals surface area (Å²) in [5.74, 6) is -0.0483. The molecule has 0 aliphatic carbocycles. The van der Waals surface area contributed by atoms with E-state index in [1.165, 1.54) is 12.1 Å². The third-order valence-corrected chi connectivity index (χ3v) is 3.06. The Kier molecular flexibility index (Phi) is 3.12. The average molecular weight is 281 g/mol. The van der Waals surface area contributed by atoms with E-state index < -0.39 is 5.97 Å². The zero-order valence-electron chi connectivity index (χ0n) is 11.0. The molecule has 1 heterocycles. The van der Waals surface area contributed by atoms with Crippen LogP contribution in [0.1, 0.15) is 10.4 Å². The maximum absolute atomic E-state index is 10.8. The molecule has 6 nitrogen and oxygen atoms in total. The number of nitrogens with two attached hydrogens (primary N) is 1. The third-order valence-electron chi connectivity index (χ3n) is 3.06. The predicted octanol–water partition coefficient (Wildman–Crippen LogP) is 2.07. The molecule has 104 valence electrons. The molecular formula is C15H13N4O2+. The van der Waals surface area contributed by atoms with Crippen LogP contribution in [0, 0.1) is 0 Å². The van der Waals surface area contributed by atoms with Gasteiger partial charge in [-0.1, -0.05) is 12.1 Å². The van der Waals surface area contributed by atoms with E-state index in [1.54, 1.807) is 12.1 Å². The van der Waals surface area contributed by atoms with E-state index in [-0.39, 0.29) is 5.56 Å². The molecule has 3 rings (SSSR count). The molecule has 0 saturated heterocycles. The summed E-state index contributed by atoms with van der Waals surface area (Å²) in [5, 5.41) is 12.0. The van der Waals surface area contributed by atoms with Crippen LogP contribution in [-0.4, -0.2) is 16.1 Å². The number of nitrogen functional groups attached to an aromatic ring is 1. The van der Waals surface area contributed by atoms with Gasteiger partial charge in [-0.2, -0.15) is 0 Å². The fraction of sp³-hybridized carbons (Fsp3) is 0. The van der Waals surface area contributed by atoms with E-state index in [1.807, 2.05) is 24.3 Å². The smallest absolute Gasteiger partial charge is 0.335 e. The maximum atomic E-state index is 10.8. The fourth-order valence-corrected chi connectivity index (χ4v) is 2.00. The molecule has 0 fully saturated rings. The van der Waals surface area contributed by atoms with Gasteiger partial charge in [-0.25, -0.2) is 20.1 Å². The number of aromatic amines is 1. The zero-order chi connectivity index (χ0) is 14.8. The first-order valence-corrected chi connectivity index (χ1v) is 6.31. The lowest BCUT2D eigenvalue weighted by Gasteiger charge is -2.03. The van der Waals surface area contributed by atoms with Crippen molar-refractivity contribution in [1.82, 2.24) is 4.98 Å². The van der Waals surface area contributed by atoms with Crippen molar-refractivity contribution in [2.24, 2.45) is 0 Å². The Balaban J connectivity index is 1.93. The van der Waals surface area contributed by atoms with Gasteiger partial charge in [0.1, 0.15) is 11.2 Å². The van der Waals surface area contributed by atoms with Crippen LogP contribution in [0.4, 0.5) is 17.3 Å². The SMILES string of the molecule is Nc1nc2ccccc2[nH+]c1Nc1ccc(C(=O)O)cc1. The van der Waals surface area contributed by atoms with Gasteiger partial charge in [0.05, 0.1) is 5.56 Å². The van der Waals surface area contributed by atoms with Crippen molar-refractivity contribution in [3.63, 3.8) is 0 Å². The number of benzene rings is 2. The summed E-state index contributed by atoms with van der Waals surface area (Å²) in [4.78, 5) is 18.3. The van der Waals surface area contributed by atoms with Crippen LogP contribution in [-0.2, 0) is 0 Å². The Morgan fingerprint density at radius 2 is 1.86 bits per heavy atom. The van der Waals surface area contributed by atoms with Crippen LogP contribution in [0.15, 0.2) is 48.5 Å². The first-order valence-electron chi connectivity index (χ1n) is 6.31. The normalized spacial score (nSPS) is 10.5. The second-order valence-corrected chi connectivity index (χ2v) is 4.52. The number of aromatic nitrogens is 2. The summed E-state index contributed by atoms with van der Waals surface area (Å²) in [7, 11) is 0. The first kappa shape index (κ1) is 12.9. The lowest BCUT2D eigenvalue weighted by atomic mass is 10.2. The van der Waals surface area contributed by atoms with Crippen LogP contribution >= 0.6 is 0 Å². The fourth-order valence-electron chi connectivity index (χ4n) is 2.00. The molecule has 2 aromatic carbocycles. The number of fused-ring (bicyclic) bond motifs is 1. The quantitative estimate of drug-likeness (QED) is 0.682. The van der Waals surface area contributed by atoms with Crippen LogP contribution in [0.2, 0.25) is 0 Å². The van der Waals surface area contributed by atoms with Gasteiger partial charge in [0, 0.05) is 0 Å². The Bertz CT molecular complexity index is 816. The highest BCUT2D eigenvalue weighted by atomic mass is 16.4. The Labute approximate surface area is 120 Å². The maximum Gasteiger partial charge on any atom is 0.335 e. The number of carbonyl (C=O) groups is 1. The van der Waals surface area contributed by atoms with Crippen molar-refractivity contribution in [3.05, 3.63) is 54.1 Å². The molecule has 1 aromatic heterocycles. The van der Waals surface area contributed by atoms with E-state index in [2.05, 4.69) is 15.3 Å². The van der Waals surface area contributed by atoms with Gasteiger partial charge in [-0.3, -0.25) is 0 Å². The van der Waals surface area contributed by atoms with Gasteiger partial charge >= 0.3 is 11.8 Å². The second kappa shape index (κ2) is 5.09. The number of carboxylic acids is 1. The summed E-state index contributed by atoms with van der Waals surface area (Å²) >= 11 is 0. The highest BCUT2D eigenvalue weighted by molar-refractivity contribution is 5.88. The van der Waals surface area contributed by atoms with E-state index in [4.69, 9.17) is 10.8 Å². The van der Waals surface area contributed by atoms with Crippen LogP contribution < -0.4 is 16.0 Å². The van der Waals surface area contributed by atoms with Gasteiger partial charge in [0.25, 0.3) is 0 Å². The molecule has 0 amide bonds. The number of hydrogen-bond donors (Lipinski definition) is 3. The van der Waals surface area contributed by atoms with E-state index in [0.717, 1.165) is 16.7 Å². The number of nitrogens with zero attached hydrogens (tertiary/aromatic N) is 1. The number of hydrogen-bond acceptors (Lipinski definition) is 4. The standard InChI is InChI=1S/C15H12N4O2/c16-13-14(19-12-4-2-1-3-11(12)18-13)17-10-7-5-9(6-8-10)15(20)21/h1-8H,(H2,16,18)(H,17,19)(H,20,21)/p+1. The number of carboxylic acid groups (broad SMARTS) is 1. The lowest BCUT2D eigenvalue weighted by molar-refractivity contribution is -0.326. The summed E-state index contributed by atoms with van der Waals surface area (Å²) < 4.78 is 0. The van der Waals surface area contributed by atoms with Crippen LogP contribution in [0.25, 0.3) is 11.0 Å². The molecule has 0 bridgehead atoms. The van der Waals surface area contributed by atoms with E-state index >= 15 is 0 Å². The lowest BCUT2D eigenvalue weighted by Crippen LogP contribution is -2.15. The molecule has 5 N–H and O–H groups in total. The van der Waals surface area contributed by atoms with Crippen molar-refractivity contribution in [3.8, 4) is 0 Å². The van der Waals surface area contributed by atoms with Crippen molar-refractivity contribution in [2.75, 3.05) is 11.1 Å². The highest BCUT2D eigenvalue weighted by Gasteiger charge is 2.13. The van der Waals surface area contributed by atoms with Crippen LogP contribution in [0.3, 0.4) is 0 Å². The molecule has 21 heavy (non-hydrogen) atoms. The minimum absolute atomic E-state index is 0.231. The van der Waals surface area contributed by atoms with Crippen molar-refractivity contribution in [2.45, 2.75) is 0 Å². The molecule has 0 aliphatic heterocycles. The monoisotopic (exact) mass is 281 g/mol. The number of nitrogens with one attached hydrogen (secondary N) is 2. The number of rotatable bonds is 3. The average Bonchev–Trinajstić information content (AvgIpc) is 2.48. The number of anilines is 3. The molecular weight excluding hydrogens is 268 g/mol. The third kappa shape index (κ3) is 2.59. The summed E-state index contributed by atoms with van der Waals surface area (Å²) in [5.41, 5.74) is 8.50. The number of aromatic carboxylic acids is 1. The van der Waals surface area contributed by atoms with Crippen molar-refractivity contribution in [1.29, 1.82) is 0 Å². The van der Waals surface area contributed by atoms with Gasteiger partial charge in [0.15, 0.2) is 5.52 Å². The Morgan fingerprint density at radius 1 is 1.14 bits per heavy atom. The molecule has 0 radical (unpaired) electrons. The first-order chi connectivity index (χ1) is 10.1. The minimum atomic E-state index is -0.958. The summed E-state index contributed by atoms with van der Waals surface area (Å²) in [6.07, 6.45) is 0. The van der Waals surface area contributed by atoms with Gasteiger partial charge in [0.2, 0.25) is 5.82 Å². The Morgan fingerprint density at radius 3 is 2.57 bits per heavy atom. The van der Waals surface area contributed by atoms with Crippen LogP contribution in [0.5, 0.6) is 0 Å². The topological polar surface area (TPSA) is 102 Å². The molecule has 0 aliphatic rings. The van der Waals surface area contributed by atoms with Gasteiger partial charge in [-0.05, 0) is 36.4 Å². The number of para-hydroxylation sites is 2. The largest absolute Gasteiger partial charge is 0.478 e. The summed E-state index contributed by atoms with van der Waals surface area (Å²) in [6.45, 7) is 0. The zero-order valence-corrected chi connectivity index (χ0v) is 11.0. The molecule has 3 aromatic rings. The van der Waals surface area contributed by atoms with Crippen molar-refractivity contribution >= 4 is 34.3 Å². The molecule has 6 heteroatoms. The van der Waals surface area contributed by atoms with Gasteiger partial charge < -0.3 is 10.8 Å². The number of H-pyrrole nitrogens is 1. The summed E-state index contributed by atoms with van der Waals surface area (Å²) in [6, 6.07) is 14.0. The van der Waals surface area contributed by atoms with E-state index in [0.29, 0.717) is 11.6 Å². The molecule has 0 unspecified atom stereocenters. The molecule has 0 spiro atoms. The minimum Gasteiger partial charge on any atom is -0.478 e. The molecule has 0 saturated carbocycles. The second-order valence-electron chi connectivity index (χ2n) is 4.52. The van der Waals surface area contributed by atoms with Gasteiger partial charge in [-0.15, -0.1) is 0 Å². The van der Waals surface area contributed by atoms with Crippen molar-refractivity contribution < 1.29 is 14.9 Å². The highest BCUT2D eigenvalue weighted by Crippen LogP contribution is 2.19. The Hall–Kier alpha value is -3.15.